The van der Waals surface area contributed by atoms with Crippen molar-refractivity contribution in [2.75, 3.05) is 0 Å². The van der Waals surface area contributed by atoms with E-state index >= 15 is 0 Å². The van der Waals surface area contributed by atoms with Gasteiger partial charge < -0.3 is 4.84 Å². The van der Waals surface area contributed by atoms with E-state index in [-0.39, 0.29) is 0 Å². The third-order valence-electron chi connectivity index (χ3n) is 2.79. The Morgan fingerprint density at radius 3 is 2.00 bits per heavy atom. The number of hydrogen-bond donors (Lipinski definition) is 0. The van der Waals surface area contributed by atoms with Crippen LogP contribution in [0.5, 0.6) is 0 Å². The highest BCUT2D eigenvalue weighted by Gasteiger charge is 2.47. The van der Waals surface area contributed by atoms with E-state index in [9.17, 15) is 15.3 Å². The van der Waals surface area contributed by atoms with Crippen molar-refractivity contribution in [3.8, 4) is 0 Å². The molecule has 1 heterocycles. The Hall–Kier alpha value is -0.880. The van der Waals surface area contributed by atoms with Crippen molar-refractivity contribution in [3.05, 3.63) is 10.1 Å². The maximum absolute atomic E-state index is 11.9. The van der Waals surface area contributed by atoms with Gasteiger partial charge in [0.1, 0.15) is 6.10 Å². The van der Waals surface area contributed by atoms with Gasteiger partial charge >= 0.3 is 0 Å². The van der Waals surface area contributed by atoms with Gasteiger partial charge in [0, 0.05) is 11.1 Å². The van der Waals surface area contributed by atoms with Crippen LogP contribution in [0.15, 0.2) is 0 Å². The van der Waals surface area contributed by atoms with Crippen molar-refractivity contribution >= 4 is 0 Å². The van der Waals surface area contributed by atoms with Crippen molar-refractivity contribution in [3.63, 3.8) is 0 Å². The van der Waals surface area contributed by atoms with Gasteiger partial charge in [-0.3, -0.25) is 0 Å². The molecule has 0 aromatic carbocycles. The standard InChI is InChI=1S/C9H17N2O4/c1-8(2)5-7(15-11(13)14)6-9(3,4)10(8)12/h7H,5-6H2,1-4H3. The summed E-state index contributed by atoms with van der Waals surface area (Å²) in [5.74, 6) is 0. The van der Waals surface area contributed by atoms with Gasteiger partial charge in [-0.1, -0.05) is 0 Å². The molecule has 0 unspecified atom stereocenters. The monoisotopic (exact) mass is 217 g/mol. The molecule has 6 nitrogen and oxygen atoms in total. The van der Waals surface area contributed by atoms with E-state index in [2.05, 4.69) is 4.84 Å². The van der Waals surface area contributed by atoms with E-state index in [1.165, 1.54) is 0 Å². The number of nitrogens with zero attached hydrogens (tertiary/aromatic N) is 2. The quantitative estimate of drug-likeness (QED) is 0.519. The zero-order valence-electron chi connectivity index (χ0n) is 9.52. The topological polar surface area (TPSA) is 75.5 Å². The van der Waals surface area contributed by atoms with Crippen molar-refractivity contribution in [2.24, 2.45) is 0 Å². The molecule has 1 fully saturated rings. The Kier molecular flexibility index (Phi) is 2.93. The Balaban J connectivity index is 2.79. The summed E-state index contributed by atoms with van der Waals surface area (Å²) < 4.78 is 0. The lowest BCUT2D eigenvalue weighted by Crippen LogP contribution is -2.60. The van der Waals surface area contributed by atoms with Crippen molar-refractivity contribution in [1.82, 2.24) is 5.06 Å². The average molecular weight is 217 g/mol. The Morgan fingerprint density at radius 2 is 1.67 bits per heavy atom. The SMILES string of the molecule is CC1(C)CC(O[N+](=O)[O-])CC(C)(C)N1[O]. The maximum Gasteiger partial charge on any atom is 0.294 e. The number of piperidine rings is 1. The van der Waals surface area contributed by atoms with Gasteiger partial charge in [0.2, 0.25) is 0 Å². The number of hydrogen-bond acceptors (Lipinski definition) is 4. The minimum absolute atomic E-state index is 0.376. The van der Waals surface area contributed by atoms with Crippen LogP contribution in [0.2, 0.25) is 0 Å². The van der Waals surface area contributed by atoms with Crippen LogP contribution >= 0.6 is 0 Å². The maximum atomic E-state index is 11.9. The number of rotatable bonds is 2. The molecule has 0 saturated carbocycles. The Labute approximate surface area is 88.9 Å². The average Bonchev–Trinajstić information content (AvgIpc) is 1.97. The molecule has 15 heavy (non-hydrogen) atoms. The summed E-state index contributed by atoms with van der Waals surface area (Å²) in [6.07, 6.45) is 0.261. The van der Waals surface area contributed by atoms with Gasteiger partial charge in [-0.2, -0.15) is 0 Å². The van der Waals surface area contributed by atoms with Gasteiger partial charge in [0.15, 0.2) is 0 Å². The largest absolute Gasteiger partial charge is 0.310 e. The highest BCUT2D eigenvalue weighted by atomic mass is 17.0. The van der Waals surface area contributed by atoms with Crippen LogP contribution in [0.1, 0.15) is 40.5 Å². The highest BCUT2D eigenvalue weighted by molar-refractivity contribution is 4.96. The molecule has 1 aliphatic heterocycles. The lowest BCUT2D eigenvalue weighted by Gasteiger charge is -2.48. The van der Waals surface area contributed by atoms with Gasteiger partial charge in [-0.05, 0) is 40.5 Å². The van der Waals surface area contributed by atoms with Crippen molar-refractivity contribution in [1.29, 1.82) is 0 Å². The second kappa shape index (κ2) is 3.61. The molecule has 1 rings (SSSR count). The first-order valence-electron chi connectivity index (χ1n) is 4.94. The van der Waals surface area contributed by atoms with E-state index in [0.717, 1.165) is 5.06 Å². The first kappa shape index (κ1) is 12.2. The predicted molar refractivity (Wildman–Crippen MR) is 51.8 cm³/mol. The van der Waals surface area contributed by atoms with E-state index in [1.807, 2.05) is 0 Å². The molecule has 0 N–H and O–H groups in total. The van der Waals surface area contributed by atoms with Crippen LogP contribution in [-0.2, 0) is 10.0 Å². The van der Waals surface area contributed by atoms with Crippen LogP contribution in [0.3, 0.4) is 0 Å². The highest BCUT2D eigenvalue weighted by Crippen LogP contribution is 2.38. The van der Waals surface area contributed by atoms with Crippen molar-refractivity contribution in [2.45, 2.75) is 57.7 Å². The van der Waals surface area contributed by atoms with Gasteiger partial charge in [0.05, 0.1) is 0 Å². The molecule has 0 atom stereocenters. The fourth-order valence-corrected chi connectivity index (χ4v) is 2.37. The van der Waals surface area contributed by atoms with Gasteiger partial charge in [-0.25, -0.2) is 0 Å². The first-order valence-corrected chi connectivity index (χ1v) is 4.94. The smallest absolute Gasteiger partial charge is 0.294 e. The molecule has 0 amide bonds. The molecule has 1 saturated heterocycles. The summed E-state index contributed by atoms with van der Waals surface area (Å²) in [6, 6.07) is 0. The fraction of sp³-hybridized carbons (Fsp3) is 1.00. The molecular formula is C9H17N2O4. The molecule has 0 aliphatic carbocycles. The Bertz CT molecular complexity index is 247. The van der Waals surface area contributed by atoms with Gasteiger partial charge in [0.25, 0.3) is 5.09 Å². The zero-order valence-corrected chi connectivity index (χ0v) is 9.52. The van der Waals surface area contributed by atoms with Crippen molar-refractivity contribution < 1.29 is 15.1 Å². The molecule has 0 aromatic rings. The van der Waals surface area contributed by atoms with Crippen LogP contribution in [0.25, 0.3) is 0 Å². The lowest BCUT2D eigenvalue weighted by molar-refractivity contribution is -0.770. The normalized spacial score (nSPS) is 26.2. The van der Waals surface area contributed by atoms with Crippen LogP contribution in [0, 0.1) is 10.1 Å². The van der Waals surface area contributed by atoms with Crippen LogP contribution in [-0.4, -0.2) is 27.3 Å². The summed E-state index contributed by atoms with van der Waals surface area (Å²) in [7, 11) is 0. The molecule has 0 bridgehead atoms. The summed E-state index contributed by atoms with van der Waals surface area (Å²) in [5.41, 5.74) is -1.25. The molecule has 0 spiro atoms. The Morgan fingerprint density at radius 1 is 1.27 bits per heavy atom. The fourth-order valence-electron chi connectivity index (χ4n) is 2.37. The zero-order chi connectivity index (χ0) is 11.9. The predicted octanol–water partition coefficient (Wildman–Crippen LogP) is 1.56. The number of hydroxylamine groups is 2. The molecular weight excluding hydrogens is 200 g/mol. The molecule has 1 aliphatic rings. The molecule has 6 heteroatoms. The third kappa shape index (κ3) is 2.57. The summed E-state index contributed by atoms with van der Waals surface area (Å²) >= 11 is 0. The van der Waals surface area contributed by atoms with E-state index in [4.69, 9.17) is 0 Å². The van der Waals surface area contributed by atoms with Crippen LogP contribution in [0.4, 0.5) is 0 Å². The van der Waals surface area contributed by atoms with E-state index < -0.39 is 22.3 Å². The van der Waals surface area contributed by atoms with Gasteiger partial charge in [-0.15, -0.1) is 20.4 Å². The van der Waals surface area contributed by atoms with E-state index in [0.29, 0.717) is 12.8 Å². The molecule has 1 radical (unpaired) electrons. The summed E-state index contributed by atoms with van der Waals surface area (Å²) in [5, 5.41) is 22.4. The summed E-state index contributed by atoms with van der Waals surface area (Å²) in [6.45, 7) is 7.10. The lowest BCUT2D eigenvalue weighted by atomic mass is 9.80. The van der Waals surface area contributed by atoms with E-state index in [1.54, 1.807) is 27.7 Å². The minimum atomic E-state index is -0.780. The first-order chi connectivity index (χ1) is 6.65. The molecule has 0 aromatic heterocycles. The molecule has 87 valence electrons. The minimum Gasteiger partial charge on any atom is -0.310 e. The second-order valence-corrected chi connectivity index (χ2v) is 5.28. The third-order valence-corrected chi connectivity index (χ3v) is 2.79. The second-order valence-electron chi connectivity index (χ2n) is 5.28. The summed E-state index contributed by atoms with van der Waals surface area (Å²) in [4.78, 5) is 14.8. The van der Waals surface area contributed by atoms with Crippen LogP contribution < -0.4 is 0 Å².